The number of benzene rings is 2. The molecule has 0 aliphatic carbocycles. The van der Waals surface area contributed by atoms with Gasteiger partial charge < -0.3 is 14.6 Å². The van der Waals surface area contributed by atoms with Gasteiger partial charge in [0, 0.05) is 47.7 Å². The van der Waals surface area contributed by atoms with Crippen LogP contribution in [0.25, 0.3) is 10.4 Å². The largest absolute Gasteiger partial charge is 0.494 e. The number of nitrogens with zero attached hydrogens (tertiary/aromatic N) is 4. The predicted octanol–water partition coefficient (Wildman–Crippen LogP) is 4.03. The van der Waals surface area contributed by atoms with Gasteiger partial charge in [-0.1, -0.05) is 41.5 Å². The van der Waals surface area contributed by atoms with Crippen LogP contribution in [0.2, 0.25) is 0 Å². The lowest BCUT2D eigenvalue weighted by molar-refractivity contribution is -0.129. The fourth-order valence-corrected chi connectivity index (χ4v) is 3.67. The third-order valence-electron chi connectivity index (χ3n) is 5.31. The molecule has 0 saturated heterocycles. The highest BCUT2D eigenvalue weighted by molar-refractivity contribution is 6.01. The highest BCUT2D eigenvalue weighted by Gasteiger charge is 2.53. The van der Waals surface area contributed by atoms with E-state index in [2.05, 4.69) is 34.0 Å². The first-order valence-electron chi connectivity index (χ1n) is 11.1. The molecule has 3 rings (SSSR count). The van der Waals surface area contributed by atoms with Gasteiger partial charge in [0.05, 0.1) is 6.61 Å². The Bertz CT molecular complexity index is 1130. The number of hydrogen-bond acceptors (Lipinski definition) is 7. The quantitative estimate of drug-likeness (QED) is 0.0999. The number of nitrogens with one attached hydrogen (secondary N) is 2. The van der Waals surface area contributed by atoms with Gasteiger partial charge in [-0.2, -0.15) is 0 Å². The lowest BCUT2D eigenvalue weighted by atomic mass is 9.84. The van der Waals surface area contributed by atoms with Crippen molar-refractivity contribution < 1.29 is 19.4 Å². The predicted molar refractivity (Wildman–Crippen MR) is 133 cm³/mol. The van der Waals surface area contributed by atoms with Crippen LogP contribution in [0.1, 0.15) is 30.1 Å². The number of rotatable bonds is 13. The molecule has 0 radical (unpaired) electrons. The number of carbonyl (C=O) groups excluding carboxylic acids is 1. The molecule has 35 heavy (non-hydrogen) atoms. The Labute approximate surface area is 203 Å². The van der Waals surface area contributed by atoms with E-state index in [1.165, 1.54) is 0 Å². The third-order valence-corrected chi connectivity index (χ3v) is 5.31. The Balaban J connectivity index is 2.03. The first-order chi connectivity index (χ1) is 17.1. The molecule has 1 heterocycles. The molecule has 2 atom stereocenters. The molecule has 182 valence electrons. The average Bonchev–Trinajstić information content (AvgIpc) is 3.26. The van der Waals surface area contributed by atoms with Crippen molar-refractivity contribution in [1.29, 1.82) is 0 Å². The number of carbonyl (C=O) groups is 1. The number of aliphatic hydroxyl groups excluding tert-OH is 1. The molecule has 1 amide bonds. The average molecular weight is 477 g/mol. The van der Waals surface area contributed by atoms with E-state index in [0.29, 0.717) is 42.1 Å². The van der Waals surface area contributed by atoms with Crippen LogP contribution in [-0.2, 0) is 9.53 Å². The van der Waals surface area contributed by atoms with Crippen molar-refractivity contribution in [2.24, 2.45) is 10.1 Å². The molecule has 10 heteroatoms. The monoisotopic (exact) mass is 476 g/mol. The number of azide groups is 1. The zero-order chi connectivity index (χ0) is 25.1. The Hall–Kier alpha value is -4.11. The van der Waals surface area contributed by atoms with Gasteiger partial charge in [-0.25, -0.2) is 10.4 Å². The summed E-state index contributed by atoms with van der Waals surface area (Å²) < 4.78 is 11.9. The Kier molecular flexibility index (Phi) is 9.02. The Morgan fingerprint density at radius 2 is 2.03 bits per heavy atom. The normalized spacial score (nSPS) is 18.5. The first-order valence-corrected chi connectivity index (χ1v) is 11.1. The Morgan fingerprint density at radius 1 is 1.26 bits per heavy atom. The molecular weight excluding hydrogens is 448 g/mol. The minimum absolute atomic E-state index is 0.0521. The summed E-state index contributed by atoms with van der Waals surface area (Å²) >= 11 is 0. The lowest BCUT2D eigenvalue weighted by Crippen LogP contribution is -2.52. The van der Waals surface area contributed by atoms with E-state index in [0.717, 1.165) is 0 Å². The van der Waals surface area contributed by atoms with Gasteiger partial charge in [-0.3, -0.25) is 10.2 Å². The van der Waals surface area contributed by atoms with Crippen molar-refractivity contribution in [2.75, 3.05) is 19.8 Å². The summed E-state index contributed by atoms with van der Waals surface area (Å²) in [5.41, 5.74) is 14.6. The summed E-state index contributed by atoms with van der Waals surface area (Å²) in [4.78, 5) is 21.1. The minimum atomic E-state index is -1.41. The molecule has 2 aromatic rings. The fourth-order valence-electron chi connectivity index (χ4n) is 3.67. The summed E-state index contributed by atoms with van der Waals surface area (Å²) in [5, 5.41) is 12.7. The summed E-state index contributed by atoms with van der Waals surface area (Å²) in [7, 11) is 0. The van der Waals surface area contributed by atoms with Crippen molar-refractivity contribution in [2.45, 2.75) is 24.5 Å². The number of hydrogen-bond donors (Lipinski definition) is 3. The lowest BCUT2D eigenvalue weighted by Gasteiger charge is -2.30. The van der Waals surface area contributed by atoms with Crippen LogP contribution >= 0.6 is 0 Å². The van der Waals surface area contributed by atoms with E-state index in [1.54, 1.807) is 60.7 Å². The highest BCUT2D eigenvalue weighted by Crippen LogP contribution is 2.45. The van der Waals surface area contributed by atoms with Gasteiger partial charge in [0.2, 0.25) is 5.90 Å². The van der Waals surface area contributed by atoms with Crippen LogP contribution in [0, 0.1) is 0 Å². The molecule has 1 aliphatic rings. The summed E-state index contributed by atoms with van der Waals surface area (Å²) in [6, 6.07) is 14.0. The van der Waals surface area contributed by atoms with E-state index in [-0.39, 0.29) is 18.9 Å². The molecule has 0 unspecified atom stereocenters. The zero-order valence-electron chi connectivity index (χ0n) is 19.3. The number of aliphatic hydroxyl groups is 1. The zero-order valence-corrected chi connectivity index (χ0v) is 19.3. The maximum absolute atomic E-state index is 13.5. The van der Waals surface area contributed by atoms with Crippen LogP contribution in [0.3, 0.4) is 0 Å². The Morgan fingerprint density at radius 3 is 2.71 bits per heavy atom. The van der Waals surface area contributed by atoms with Crippen molar-refractivity contribution in [3.05, 3.63) is 95.4 Å². The number of aliphatic imine (C=N–C) groups is 1. The van der Waals surface area contributed by atoms with Crippen molar-refractivity contribution in [3.8, 4) is 5.75 Å². The molecule has 1 aliphatic heterocycles. The first kappa shape index (κ1) is 25.5. The smallest absolute Gasteiger partial charge is 0.266 e. The van der Waals surface area contributed by atoms with E-state index in [1.807, 2.05) is 0 Å². The highest BCUT2D eigenvalue weighted by atomic mass is 16.5. The van der Waals surface area contributed by atoms with Gasteiger partial charge in [0.25, 0.3) is 5.91 Å². The fraction of sp³-hybridized carbons (Fsp3) is 0.280. The summed E-state index contributed by atoms with van der Waals surface area (Å²) in [6.07, 6.45) is 3.02. The summed E-state index contributed by atoms with van der Waals surface area (Å²) in [6.45, 7) is 8.26. The molecule has 2 aromatic carbocycles. The SMILES string of the molecule is C=CCNNC(=O)[C@@]1(CC=C)N=C(c2ccc(OCCCO)cc2)O[C@H]1c1ccccc1N=[N+]=[N-]. The maximum Gasteiger partial charge on any atom is 0.266 e. The van der Waals surface area contributed by atoms with Gasteiger partial charge in [-0.15, -0.1) is 13.2 Å². The third kappa shape index (κ3) is 5.88. The van der Waals surface area contributed by atoms with Gasteiger partial charge >= 0.3 is 0 Å². The topological polar surface area (TPSA) is 141 Å². The van der Waals surface area contributed by atoms with Crippen LogP contribution in [0.5, 0.6) is 5.75 Å². The molecule has 0 spiro atoms. The summed E-state index contributed by atoms with van der Waals surface area (Å²) in [5.74, 6) is 0.460. The second-order valence-corrected chi connectivity index (χ2v) is 7.65. The van der Waals surface area contributed by atoms with E-state index in [4.69, 9.17) is 25.1 Å². The van der Waals surface area contributed by atoms with Crippen LogP contribution in [0.4, 0.5) is 5.69 Å². The number of ether oxygens (including phenoxy) is 2. The van der Waals surface area contributed by atoms with Gasteiger partial charge in [0.15, 0.2) is 11.6 Å². The molecule has 0 saturated carbocycles. The number of hydrazine groups is 1. The van der Waals surface area contributed by atoms with Crippen LogP contribution < -0.4 is 15.6 Å². The van der Waals surface area contributed by atoms with Crippen LogP contribution in [0.15, 0.2) is 83.9 Å². The van der Waals surface area contributed by atoms with Gasteiger partial charge in [0.1, 0.15) is 5.75 Å². The van der Waals surface area contributed by atoms with E-state index in [9.17, 15) is 4.79 Å². The van der Waals surface area contributed by atoms with Crippen molar-refractivity contribution in [1.82, 2.24) is 10.9 Å². The van der Waals surface area contributed by atoms with Crippen molar-refractivity contribution >= 4 is 17.5 Å². The molecule has 0 bridgehead atoms. The minimum Gasteiger partial charge on any atom is -0.494 e. The maximum atomic E-state index is 13.5. The molecule has 0 aromatic heterocycles. The standard InChI is InChI=1S/C25H28N6O4/c1-3-14-25(24(33)30-27-15-4-2)22(20-8-5-6-9-21(20)29-31-26)35-23(28-25)18-10-12-19(13-11-18)34-17-7-16-32/h3-6,8-13,22,27,32H,1-2,7,14-17H2,(H,30,33)/t22-,25-/m0/s1. The molecule has 10 nitrogen and oxygen atoms in total. The number of amides is 1. The second kappa shape index (κ2) is 12.4. The van der Waals surface area contributed by atoms with Crippen LogP contribution in [-0.4, -0.2) is 42.2 Å². The second-order valence-electron chi connectivity index (χ2n) is 7.65. The molecular formula is C25H28N6O4. The molecule has 0 fully saturated rings. The van der Waals surface area contributed by atoms with E-state index >= 15 is 0 Å². The van der Waals surface area contributed by atoms with E-state index < -0.39 is 17.6 Å². The molecule has 3 N–H and O–H groups in total. The van der Waals surface area contributed by atoms with Gasteiger partial charge in [-0.05, 0) is 29.8 Å². The van der Waals surface area contributed by atoms with Crippen molar-refractivity contribution in [3.63, 3.8) is 0 Å².